The van der Waals surface area contributed by atoms with Crippen LogP contribution in [0.1, 0.15) is 0 Å². The SMILES string of the molecule is P.[Cu].[Sn].[Te]. The van der Waals surface area contributed by atoms with Gasteiger partial charge in [0.2, 0.25) is 0 Å². The van der Waals surface area contributed by atoms with Crippen LogP contribution in [0.15, 0.2) is 0 Å². The van der Waals surface area contributed by atoms with Gasteiger partial charge in [-0.2, -0.15) is 9.90 Å². The zero-order valence-electron chi connectivity index (χ0n) is 1.92. The molecule has 0 amide bonds. The van der Waals surface area contributed by atoms with E-state index >= 15 is 0 Å². The zero-order chi connectivity index (χ0) is 0. The van der Waals surface area contributed by atoms with E-state index in [9.17, 15) is 0 Å². The van der Waals surface area contributed by atoms with Gasteiger partial charge >= 0.3 is 0 Å². The van der Waals surface area contributed by atoms with E-state index in [1.165, 1.54) is 0 Å². The van der Waals surface area contributed by atoms with E-state index in [0.29, 0.717) is 0 Å². The molecule has 0 aliphatic rings. The van der Waals surface area contributed by atoms with Crippen molar-refractivity contribution in [3.63, 3.8) is 0 Å². The maximum absolute atomic E-state index is 0. The molecule has 0 fully saturated rings. The molecule has 0 saturated carbocycles. The molecule has 0 nitrogen and oxygen atoms in total. The van der Waals surface area contributed by atoms with Gasteiger partial charge in [0, 0.05) is 64.6 Å². The molecule has 1 atom stereocenters. The monoisotopic (exact) mass is 347 g/mol. The quantitative estimate of drug-likeness (QED) is 0.403. The second-order valence-corrected chi connectivity index (χ2v) is 0. The van der Waals surface area contributed by atoms with Crippen LogP contribution in [-0.2, 0) is 17.1 Å². The number of hydrogen-bond donors (Lipinski definition) is 0. The third-order valence-corrected chi connectivity index (χ3v) is 0. The topological polar surface area (TPSA) is 0 Å². The van der Waals surface area contributed by atoms with E-state index in [1.54, 1.807) is 0 Å². The molecule has 0 aromatic heterocycles. The summed E-state index contributed by atoms with van der Waals surface area (Å²) in [6.45, 7) is 0. The summed E-state index contributed by atoms with van der Waals surface area (Å²) in [4.78, 5) is 0. The molecule has 29 valence electrons. The van der Waals surface area contributed by atoms with E-state index in [2.05, 4.69) is 0 Å². The molecule has 0 rings (SSSR count). The normalized spacial score (nSPS) is 0. The fraction of sp³-hybridized carbons (Fsp3) is 0. The summed E-state index contributed by atoms with van der Waals surface area (Å²) in [5.74, 6) is 0. The third kappa shape index (κ3) is 8.82. The van der Waals surface area contributed by atoms with Gasteiger partial charge < -0.3 is 0 Å². The Balaban J connectivity index is 0. The molecule has 1 unspecified atom stereocenters. The fourth-order valence-electron chi connectivity index (χ4n) is 0. The van der Waals surface area contributed by atoms with Gasteiger partial charge in [0.1, 0.15) is 0 Å². The Morgan fingerprint density at radius 1 is 1.00 bits per heavy atom. The Morgan fingerprint density at radius 3 is 1.00 bits per heavy atom. The van der Waals surface area contributed by atoms with Crippen molar-refractivity contribution in [1.82, 2.24) is 0 Å². The minimum atomic E-state index is 0. The second-order valence-electron chi connectivity index (χ2n) is 0. The smallest absolute Gasteiger partial charge is 0 e. The molecule has 0 aromatic carbocycles. The van der Waals surface area contributed by atoms with Crippen LogP contribution in [0.4, 0.5) is 0 Å². The molecule has 0 saturated heterocycles. The van der Waals surface area contributed by atoms with Gasteiger partial charge in [0.15, 0.2) is 0 Å². The van der Waals surface area contributed by atoms with Crippen LogP contribution in [-0.4, -0.2) is 47.6 Å². The summed E-state index contributed by atoms with van der Waals surface area (Å²) >= 11 is 0. The molecule has 4 heavy (non-hydrogen) atoms. The van der Waals surface area contributed by atoms with Crippen LogP contribution in [0.3, 0.4) is 0 Å². The number of rotatable bonds is 0. The van der Waals surface area contributed by atoms with E-state index in [1.807, 2.05) is 0 Å². The van der Waals surface area contributed by atoms with E-state index in [-0.39, 0.29) is 74.5 Å². The van der Waals surface area contributed by atoms with Crippen LogP contribution in [0.2, 0.25) is 0 Å². The molecular formula is H3CuPSnTe. The third-order valence-electron chi connectivity index (χ3n) is 0. The van der Waals surface area contributed by atoms with Crippen molar-refractivity contribution < 1.29 is 17.1 Å². The Bertz CT molecular complexity index is 8.00. The molecule has 0 spiro atoms. The van der Waals surface area contributed by atoms with Gasteiger partial charge in [-0.25, -0.2) is 0 Å². The predicted molar refractivity (Wildman–Crippen MR) is 22.6 cm³/mol. The first kappa shape index (κ1) is 31.1. The van der Waals surface area contributed by atoms with Gasteiger partial charge in [-0.3, -0.25) is 0 Å². The Hall–Kier alpha value is 2.54. The summed E-state index contributed by atoms with van der Waals surface area (Å²) in [7, 11) is 0. The molecule has 0 aromatic rings. The largest absolute Gasteiger partial charge is 0.153 e. The first-order chi connectivity index (χ1) is 0. The minimum Gasteiger partial charge on any atom is -0.153 e. The van der Waals surface area contributed by atoms with Crippen LogP contribution in [0.5, 0.6) is 0 Å². The van der Waals surface area contributed by atoms with Crippen molar-refractivity contribution in [2.24, 2.45) is 0 Å². The van der Waals surface area contributed by atoms with Gasteiger partial charge in [-0.05, 0) is 0 Å². The molecule has 0 aliphatic carbocycles. The van der Waals surface area contributed by atoms with E-state index in [0.717, 1.165) is 0 Å². The van der Waals surface area contributed by atoms with Gasteiger partial charge in [-0.15, -0.1) is 0 Å². The summed E-state index contributed by atoms with van der Waals surface area (Å²) in [5, 5.41) is 0. The maximum atomic E-state index is 0. The van der Waals surface area contributed by atoms with Crippen molar-refractivity contribution in [2.45, 2.75) is 0 Å². The van der Waals surface area contributed by atoms with Crippen molar-refractivity contribution in [1.29, 1.82) is 0 Å². The molecule has 4 heteroatoms. The summed E-state index contributed by atoms with van der Waals surface area (Å²) < 4.78 is 0. The Kier molecular flexibility index (Phi) is 138. The average molecular weight is 344 g/mol. The van der Waals surface area contributed by atoms with Crippen molar-refractivity contribution >= 4 is 57.5 Å². The minimum absolute atomic E-state index is 0. The summed E-state index contributed by atoms with van der Waals surface area (Å²) in [5.41, 5.74) is 0. The van der Waals surface area contributed by atoms with Crippen LogP contribution in [0, 0.1) is 0 Å². The Morgan fingerprint density at radius 2 is 1.00 bits per heavy atom. The molecular weight excluding hydrogens is 341 g/mol. The van der Waals surface area contributed by atoms with Gasteiger partial charge in [0.25, 0.3) is 0 Å². The average Bonchev–Trinajstić information content (AvgIpc) is 0. The van der Waals surface area contributed by atoms with Crippen molar-refractivity contribution in [2.75, 3.05) is 0 Å². The molecule has 7 radical (unpaired) electrons. The van der Waals surface area contributed by atoms with Crippen LogP contribution >= 0.6 is 9.90 Å². The van der Waals surface area contributed by atoms with Crippen molar-refractivity contribution in [3.8, 4) is 0 Å². The fourth-order valence-corrected chi connectivity index (χ4v) is 0. The predicted octanol–water partition coefficient (Wildman–Crippen LogP) is -0.706. The van der Waals surface area contributed by atoms with E-state index < -0.39 is 0 Å². The van der Waals surface area contributed by atoms with Crippen LogP contribution in [0.25, 0.3) is 0 Å². The van der Waals surface area contributed by atoms with Crippen molar-refractivity contribution in [3.05, 3.63) is 0 Å². The molecule has 0 bridgehead atoms. The zero-order valence-corrected chi connectivity index (χ0v) is 9.46. The van der Waals surface area contributed by atoms with Gasteiger partial charge in [-0.1, -0.05) is 0 Å². The summed E-state index contributed by atoms with van der Waals surface area (Å²) in [6, 6.07) is 0. The number of hydrogen-bond acceptors (Lipinski definition) is 0. The standard InChI is InChI=1S/Cu.H3P.Sn.Te/h;1H3;;. The molecule has 0 heterocycles. The first-order valence-corrected chi connectivity index (χ1v) is 0. The molecule has 0 aliphatic heterocycles. The van der Waals surface area contributed by atoms with E-state index in [4.69, 9.17) is 0 Å². The second kappa shape index (κ2) is 17.7. The summed E-state index contributed by atoms with van der Waals surface area (Å²) in [6.07, 6.45) is 0. The van der Waals surface area contributed by atoms with Gasteiger partial charge in [0.05, 0.1) is 0 Å². The van der Waals surface area contributed by atoms with Crippen LogP contribution < -0.4 is 0 Å². The molecule has 0 N–H and O–H groups in total. The maximum Gasteiger partial charge on any atom is 0 e. The first-order valence-electron chi connectivity index (χ1n) is 0. The Labute approximate surface area is 73.6 Å².